The molecule has 0 aliphatic rings. The minimum absolute atomic E-state index is 0.0723. The van der Waals surface area contributed by atoms with Crippen LogP contribution in [0.15, 0.2) is 0 Å². The fraction of sp³-hybridized carbons (Fsp3) is 0.667. The van der Waals surface area contributed by atoms with Gasteiger partial charge < -0.3 is 0 Å². The van der Waals surface area contributed by atoms with E-state index in [1.54, 1.807) is 0 Å². The van der Waals surface area contributed by atoms with Gasteiger partial charge in [-0.1, -0.05) is 31.1 Å². The average molecular weight is 162 g/mol. The Kier molecular flexibility index (Phi) is 4.53. The van der Waals surface area contributed by atoms with Crippen molar-refractivity contribution in [2.24, 2.45) is 11.3 Å². The second-order valence-electron chi connectivity index (χ2n) is 4.03. The lowest BCUT2D eigenvalue weighted by atomic mass is 9.95. The molecule has 0 aromatic carbocycles. The van der Waals surface area contributed by atoms with Gasteiger partial charge >= 0.3 is 0 Å². The van der Waals surface area contributed by atoms with E-state index in [1.807, 2.05) is 0 Å². The lowest BCUT2D eigenvalue weighted by molar-refractivity contribution is 0.568. The maximum Gasteiger partial charge on any atom is 0.0809 e. The quantitative estimate of drug-likeness (QED) is 0.547. The molecule has 0 aromatic rings. The van der Waals surface area contributed by atoms with Gasteiger partial charge in [0.2, 0.25) is 0 Å². The van der Waals surface area contributed by atoms with Crippen molar-refractivity contribution < 1.29 is 0 Å². The first-order valence-corrected chi connectivity index (χ1v) is 4.48. The van der Waals surface area contributed by atoms with Crippen LogP contribution in [0.5, 0.6) is 0 Å². The molecule has 0 saturated heterocycles. The smallest absolute Gasteiger partial charge is 0.0809 e. The molecule has 0 aromatic heterocycles. The number of hydrogen-bond donors (Lipinski definition) is 0. The minimum Gasteiger partial charge on any atom is -0.119 e. The zero-order chi connectivity index (χ0) is 9.61. The monoisotopic (exact) mass is 162 g/mol. The summed E-state index contributed by atoms with van der Waals surface area (Å²) in [5, 5.41) is 0. The van der Waals surface area contributed by atoms with Crippen LogP contribution in [0.3, 0.4) is 0 Å². The standard InChI is InChI=1S/C12H18/c1-6-8-11(7-2)9-10-12(3,4)5/h2,11H,6,8H2,1,3-5H3. The van der Waals surface area contributed by atoms with E-state index in [1.165, 1.54) is 0 Å². The summed E-state index contributed by atoms with van der Waals surface area (Å²) in [6.45, 7) is 8.42. The van der Waals surface area contributed by atoms with Crippen molar-refractivity contribution in [3.8, 4) is 24.2 Å². The van der Waals surface area contributed by atoms with Gasteiger partial charge in [0.05, 0.1) is 5.92 Å². The van der Waals surface area contributed by atoms with Gasteiger partial charge in [-0.15, -0.1) is 6.42 Å². The van der Waals surface area contributed by atoms with Gasteiger partial charge in [-0.3, -0.25) is 0 Å². The minimum atomic E-state index is 0.0723. The molecule has 0 N–H and O–H groups in total. The molecular formula is C12H18. The molecule has 0 bridgehead atoms. The molecule has 12 heavy (non-hydrogen) atoms. The third-order valence-electron chi connectivity index (χ3n) is 1.40. The first-order chi connectivity index (χ1) is 5.49. The third kappa shape index (κ3) is 5.87. The lowest BCUT2D eigenvalue weighted by Gasteiger charge is -2.08. The zero-order valence-corrected chi connectivity index (χ0v) is 8.57. The summed E-state index contributed by atoms with van der Waals surface area (Å²) in [6, 6.07) is 0. The molecule has 0 radical (unpaired) electrons. The van der Waals surface area contributed by atoms with E-state index in [4.69, 9.17) is 6.42 Å². The fourth-order valence-electron chi connectivity index (χ4n) is 0.789. The topological polar surface area (TPSA) is 0 Å². The zero-order valence-electron chi connectivity index (χ0n) is 8.57. The lowest BCUT2D eigenvalue weighted by Crippen LogP contribution is -2.01. The van der Waals surface area contributed by atoms with Crippen LogP contribution in [0.2, 0.25) is 0 Å². The molecule has 0 saturated carbocycles. The molecule has 0 amide bonds. The Balaban J connectivity index is 4.18. The molecule has 0 fully saturated rings. The Hall–Kier alpha value is -0.880. The van der Waals surface area contributed by atoms with Gasteiger partial charge in [0.25, 0.3) is 0 Å². The second kappa shape index (κ2) is 4.89. The van der Waals surface area contributed by atoms with Crippen LogP contribution < -0.4 is 0 Å². The van der Waals surface area contributed by atoms with E-state index in [0.717, 1.165) is 12.8 Å². The summed E-state index contributed by atoms with van der Waals surface area (Å²) in [6.07, 6.45) is 7.45. The second-order valence-corrected chi connectivity index (χ2v) is 4.03. The van der Waals surface area contributed by atoms with Crippen LogP contribution in [-0.4, -0.2) is 0 Å². The maximum atomic E-state index is 5.34. The van der Waals surface area contributed by atoms with E-state index >= 15 is 0 Å². The van der Waals surface area contributed by atoms with Crippen LogP contribution in [0.25, 0.3) is 0 Å². The fourth-order valence-corrected chi connectivity index (χ4v) is 0.789. The van der Waals surface area contributed by atoms with Gasteiger partial charge in [-0.2, -0.15) is 0 Å². The van der Waals surface area contributed by atoms with Crippen LogP contribution in [0.4, 0.5) is 0 Å². The van der Waals surface area contributed by atoms with Crippen molar-refractivity contribution in [3.05, 3.63) is 0 Å². The van der Waals surface area contributed by atoms with Crippen molar-refractivity contribution in [1.29, 1.82) is 0 Å². The Bertz CT molecular complexity index is 211. The third-order valence-corrected chi connectivity index (χ3v) is 1.40. The van der Waals surface area contributed by atoms with E-state index in [2.05, 4.69) is 45.5 Å². The van der Waals surface area contributed by atoms with Crippen molar-refractivity contribution in [3.63, 3.8) is 0 Å². The number of hydrogen-bond acceptors (Lipinski definition) is 0. The van der Waals surface area contributed by atoms with Gasteiger partial charge in [0.15, 0.2) is 0 Å². The van der Waals surface area contributed by atoms with Gasteiger partial charge in [0, 0.05) is 5.41 Å². The van der Waals surface area contributed by atoms with E-state index in [-0.39, 0.29) is 11.3 Å². The van der Waals surface area contributed by atoms with Crippen molar-refractivity contribution in [2.45, 2.75) is 40.5 Å². The van der Waals surface area contributed by atoms with Crippen LogP contribution in [0, 0.1) is 35.5 Å². The molecular weight excluding hydrogens is 144 g/mol. The highest BCUT2D eigenvalue weighted by molar-refractivity contribution is 5.17. The molecule has 1 unspecified atom stereocenters. The highest BCUT2D eigenvalue weighted by atomic mass is 14.1. The van der Waals surface area contributed by atoms with Crippen LogP contribution >= 0.6 is 0 Å². The number of terminal acetylenes is 1. The van der Waals surface area contributed by atoms with Crippen molar-refractivity contribution in [1.82, 2.24) is 0 Å². The van der Waals surface area contributed by atoms with E-state index in [9.17, 15) is 0 Å². The Labute approximate surface area is 76.8 Å². The van der Waals surface area contributed by atoms with Crippen molar-refractivity contribution in [2.75, 3.05) is 0 Å². The van der Waals surface area contributed by atoms with Gasteiger partial charge in [-0.25, -0.2) is 0 Å². The summed E-state index contributed by atoms with van der Waals surface area (Å²) < 4.78 is 0. The first-order valence-electron chi connectivity index (χ1n) is 4.48. The molecule has 66 valence electrons. The largest absolute Gasteiger partial charge is 0.119 e. The predicted molar refractivity (Wildman–Crippen MR) is 54.5 cm³/mol. The summed E-state index contributed by atoms with van der Waals surface area (Å²) in [4.78, 5) is 0. The normalized spacial score (nSPS) is 12.6. The van der Waals surface area contributed by atoms with E-state index < -0.39 is 0 Å². The number of rotatable bonds is 2. The summed E-state index contributed by atoms with van der Waals surface area (Å²) in [5.41, 5.74) is 0.0723. The van der Waals surface area contributed by atoms with Gasteiger partial charge in [-0.05, 0) is 27.2 Å². The first kappa shape index (κ1) is 11.1. The highest BCUT2D eigenvalue weighted by Gasteiger charge is 2.05. The van der Waals surface area contributed by atoms with Gasteiger partial charge in [0.1, 0.15) is 0 Å². The Morgan fingerprint density at radius 1 is 1.33 bits per heavy atom. The molecule has 0 rings (SSSR count). The predicted octanol–water partition coefficient (Wildman–Crippen LogP) is 3.09. The van der Waals surface area contributed by atoms with E-state index in [0.29, 0.717) is 0 Å². The summed E-state index contributed by atoms with van der Waals surface area (Å²) in [5.74, 6) is 9.14. The van der Waals surface area contributed by atoms with Crippen LogP contribution in [0.1, 0.15) is 40.5 Å². The molecule has 0 nitrogen and oxygen atoms in total. The average Bonchev–Trinajstić information content (AvgIpc) is 1.96. The molecule has 1 atom stereocenters. The molecule has 0 aliphatic carbocycles. The molecule has 0 heteroatoms. The Morgan fingerprint density at radius 3 is 2.25 bits per heavy atom. The Morgan fingerprint density at radius 2 is 1.92 bits per heavy atom. The highest BCUT2D eigenvalue weighted by Crippen LogP contribution is 2.11. The molecule has 0 heterocycles. The van der Waals surface area contributed by atoms with Crippen molar-refractivity contribution >= 4 is 0 Å². The summed E-state index contributed by atoms with van der Waals surface area (Å²) >= 11 is 0. The molecule has 0 aliphatic heterocycles. The summed E-state index contributed by atoms with van der Waals surface area (Å²) in [7, 11) is 0. The van der Waals surface area contributed by atoms with Crippen LogP contribution in [-0.2, 0) is 0 Å². The molecule has 0 spiro atoms. The maximum absolute atomic E-state index is 5.34. The SMILES string of the molecule is C#CC(C#CC(C)(C)C)CCC.